The summed E-state index contributed by atoms with van der Waals surface area (Å²) >= 11 is 0. The van der Waals surface area contributed by atoms with Crippen LogP contribution in [-0.2, 0) is 6.54 Å². The molecule has 0 amide bonds. The first-order valence-corrected chi connectivity index (χ1v) is 6.95. The lowest BCUT2D eigenvalue weighted by Crippen LogP contribution is -2.04. The van der Waals surface area contributed by atoms with Gasteiger partial charge in [0.05, 0.1) is 20.8 Å². The SMILES string of the molecule is COc1ccc(-c2ncnn2Cc2cccc(OC)c2)cc1. The molecule has 0 aliphatic heterocycles. The zero-order valence-corrected chi connectivity index (χ0v) is 12.6. The molecular formula is C17H17N3O2. The minimum atomic E-state index is 0.637. The van der Waals surface area contributed by atoms with Crippen LogP contribution in [0.15, 0.2) is 54.9 Å². The molecule has 2 aromatic carbocycles. The third-order valence-electron chi connectivity index (χ3n) is 3.43. The molecule has 5 heteroatoms. The number of ether oxygens (including phenoxy) is 2. The van der Waals surface area contributed by atoms with Crippen molar-refractivity contribution in [1.29, 1.82) is 0 Å². The van der Waals surface area contributed by atoms with E-state index < -0.39 is 0 Å². The van der Waals surface area contributed by atoms with Gasteiger partial charge in [-0.2, -0.15) is 5.10 Å². The van der Waals surface area contributed by atoms with Gasteiger partial charge < -0.3 is 9.47 Å². The summed E-state index contributed by atoms with van der Waals surface area (Å²) < 4.78 is 12.3. The average Bonchev–Trinajstić information content (AvgIpc) is 3.03. The molecule has 0 aliphatic carbocycles. The maximum Gasteiger partial charge on any atom is 0.158 e. The number of methoxy groups -OCH3 is 2. The molecule has 1 aromatic heterocycles. The summed E-state index contributed by atoms with van der Waals surface area (Å²) in [6.07, 6.45) is 1.57. The van der Waals surface area contributed by atoms with Crippen LogP contribution in [0.3, 0.4) is 0 Å². The molecule has 22 heavy (non-hydrogen) atoms. The molecule has 3 aromatic rings. The number of nitrogens with zero attached hydrogens (tertiary/aromatic N) is 3. The highest BCUT2D eigenvalue weighted by Crippen LogP contribution is 2.21. The van der Waals surface area contributed by atoms with Gasteiger partial charge in [-0.05, 0) is 42.0 Å². The van der Waals surface area contributed by atoms with E-state index in [-0.39, 0.29) is 0 Å². The lowest BCUT2D eigenvalue weighted by Gasteiger charge is -2.08. The Labute approximate surface area is 129 Å². The van der Waals surface area contributed by atoms with Crippen LogP contribution in [-0.4, -0.2) is 29.0 Å². The summed E-state index contributed by atoms with van der Waals surface area (Å²) in [5.74, 6) is 2.48. The van der Waals surface area contributed by atoms with Gasteiger partial charge in [-0.15, -0.1) is 0 Å². The molecule has 0 unspecified atom stereocenters. The fraction of sp³-hybridized carbons (Fsp3) is 0.176. The average molecular weight is 295 g/mol. The van der Waals surface area contributed by atoms with E-state index >= 15 is 0 Å². The highest BCUT2D eigenvalue weighted by Gasteiger charge is 2.08. The summed E-state index contributed by atoms with van der Waals surface area (Å²) in [6.45, 7) is 0.637. The van der Waals surface area contributed by atoms with Gasteiger partial charge in [0.1, 0.15) is 17.8 Å². The summed E-state index contributed by atoms with van der Waals surface area (Å²) in [4.78, 5) is 4.36. The molecule has 0 fully saturated rings. The smallest absolute Gasteiger partial charge is 0.158 e. The first-order valence-electron chi connectivity index (χ1n) is 6.95. The number of hydrogen-bond acceptors (Lipinski definition) is 4. The van der Waals surface area contributed by atoms with Crippen LogP contribution in [0.4, 0.5) is 0 Å². The Hall–Kier alpha value is -2.82. The predicted molar refractivity (Wildman–Crippen MR) is 84.1 cm³/mol. The van der Waals surface area contributed by atoms with Gasteiger partial charge in [0.15, 0.2) is 5.82 Å². The molecule has 0 radical (unpaired) electrons. The quantitative estimate of drug-likeness (QED) is 0.726. The van der Waals surface area contributed by atoms with Gasteiger partial charge in [0, 0.05) is 5.56 Å². The van der Waals surface area contributed by atoms with Gasteiger partial charge in [0.25, 0.3) is 0 Å². The number of benzene rings is 2. The monoisotopic (exact) mass is 295 g/mol. The molecule has 0 saturated heterocycles. The molecule has 0 saturated carbocycles. The second-order valence-corrected chi connectivity index (χ2v) is 4.82. The maximum atomic E-state index is 5.26. The van der Waals surface area contributed by atoms with Crippen molar-refractivity contribution < 1.29 is 9.47 Å². The molecule has 5 nitrogen and oxygen atoms in total. The van der Waals surface area contributed by atoms with E-state index in [9.17, 15) is 0 Å². The Balaban J connectivity index is 1.87. The zero-order valence-electron chi connectivity index (χ0n) is 12.6. The molecular weight excluding hydrogens is 278 g/mol. The summed E-state index contributed by atoms with van der Waals surface area (Å²) in [7, 11) is 3.32. The minimum Gasteiger partial charge on any atom is -0.497 e. The van der Waals surface area contributed by atoms with Crippen LogP contribution >= 0.6 is 0 Å². The molecule has 0 atom stereocenters. The lowest BCUT2D eigenvalue weighted by atomic mass is 10.2. The molecule has 112 valence electrons. The Morgan fingerprint density at radius 1 is 0.955 bits per heavy atom. The van der Waals surface area contributed by atoms with E-state index in [0.717, 1.165) is 28.5 Å². The van der Waals surface area contributed by atoms with E-state index in [4.69, 9.17) is 9.47 Å². The van der Waals surface area contributed by atoms with Crippen molar-refractivity contribution in [1.82, 2.24) is 14.8 Å². The molecule has 0 spiro atoms. The zero-order chi connectivity index (χ0) is 15.4. The third kappa shape index (κ3) is 2.93. The molecule has 0 N–H and O–H groups in total. The van der Waals surface area contributed by atoms with Crippen LogP contribution < -0.4 is 9.47 Å². The van der Waals surface area contributed by atoms with Crippen molar-refractivity contribution in [2.75, 3.05) is 14.2 Å². The van der Waals surface area contributed by atoms with E-state index in [1.54, 1.807) is 20.5 Å². The fourth-order valence-corrected chi connectivity index (χ4v) is 2.29. The fourth-order valence-electron chi connectivity index (χ4n) is 2.29. The summed E-state index contributed by atoms with van der Waals surface area (Å²) in [5, 5.41) is 4.32. The van der Waals surface area contributed by atoms with Gasteiger partial charge in [-0.1, -0.05) is 12.1 Å². The topological polar surface area (TPSA) is 49.2 Å². The van der Waals surface area contributed by atoms with E-state index in [1.807, 2.05) is 53.2 Å². The van der Waals surface area contributed by atoms with Gasteiger partial charge in [-0.25, -0.2) is 9.67 Å². The van der Waals surface area contributed by atoms with Crippen LogP contribution in [0.2, 0.25) is 0 Å². The standard InChI is InChI=1S/C17H17N3O2/c1-21-15-8-6-14(7-9-15)17-18-12-19-20(17)11-13-4-3-5-16(10-13)22-2/h3-10,12H,11H2,1-2H3. The van der Waals surface area contributed by atoms with Crippen LogP contribution in [0, 0.1) is 0 Å². The summed E-state index contributed by atoms with van der Waals surface area (Å²) in [5.41, 5.74) is 2.11. The molecule has 3 rings (SSSR count). The molecule has 0 aliphatic rings. The minimum absolute atomic E-state index is 0.637. The van der Waals surface area contributed by atoms with Crippen molar-refractivity contribution in [3.05, 3.63) is 60.4 Å². The second-order valence-electron chi connectivity index (χ2n) is 4.82. The van der Waals surface area contributed by atoms with Crippen molar-refractivity contribution in [2.45, 2.75) is 6.54 Å². The van der Waals surface area contributed by atoms with Crippen molar-refractivity contribution in [2.24, 2.45) is 0 Å². The molecule has 0 bridgehead atoms. The Morgan fingerprint density at radius 3 is 2.45 bits per heavy atom. The second kappa shape index (κ2) is 6.30. The van der Waals surface area contributed by atoms with Crippen LogP contribution in [0.5, 0.6) is 11.5 Å². The first-order chi connectivity index (χ1) is 10.8. The predicted octanol–water partition coefficient (Wildman–Crippen LogP) is 3.01. The largest absolute Gasteiger partial charge is 0.497 e. The normalized spacial score (nSPS) is 10.5. The van der Waals surface area contributed by atoms with Crippen LogP contribution in [0.25, 0.3) is 11.4 Å². The number of rotatable bonds is 5. The van der Waals surface area contributed by atoms with Gasteiger partial charge >= 0.3 is 0 Å². The van der Waals surface area contributed by atoms with E-state index in [2.05, 4.69) is 10.1 Å². The Bertz CT molecular complexity index is 751. The Morgan fingerprint density at radius 2 is 1.73 bits per heavy atom. The lowest BCUT2D eigenvalue weighted by molar-refractivity contribution is 0.414. The van der Waals surface area contributed by atoms with Gasteiger partial charge in [0.2, 0.25) is 0 Å². The van der Waals surface area contributed by atoms with E-state index in [0.29, 0.717) is 6.54 Å². The first kappa shape index (κ1) is 14.1. The van der Waals surface area contributed by atoms with Crippen molar-refractivity contribution in [3.63, 3.8) is 0 Å². The highest BCUT2D eigenvalue weighted by atomic mass is 16.5. The molecule has 1 heterocycles. The van der Waals surface area contributed by atoms with Crippen molar-refractivity contribution in [3.8, 4) is 22.9 Å². The van der Waals surface area contributed by atoms with E-state index in [1.165, 1.54) is 0 Å². The highest BCUT2D eigenvalue weighted by molar-refractivity contribution is 5.56. The number of hydrogen-bond donors (Lipinski definition) is 0. The van der Waals surface area contributed by atoms with Crippen LogP contribution in [0.1, 0.15) is 5.56 Å². The Kier molecular flexibility index (Phi) is 4.05. The summed E-state index contributed by atoms with van der Waals surface area (Å²) in [6, 6.07) is 15.7. The van der Waals surface area contributed by atoms with Gasteiger partial charge in [-0.3, -0.25) is 0 Å². The van der Waals surface area contributed by atoms with Crippen molar-refractivity contribution >= 4 is 0 Å². The third-order valence-corrected chi connectivity index (χ3v) is 3.43. The number of aromatic nitrogens is 3. The maximum absolute atomic E-state index is 5.26.